The van der Waals surface area contributed by atoms with Crippen molar-refractivity contribution in [3.63, 3.8) is 0 Å². The molecule has 2 aromatic carbocycles. The average Bonchev–Trinajstić information content (AvgIpc) is 3.40. The van der Waals surface area contributed by atoms with Gasteiger partial charge in [0, 0.05) is 23.4 Å². The smallest absolute Gasteiger partial charge is 0.407 e. The topological polar surface area (TPSA) is 76.7 Å². The molecule has 1 saturated heterocycles. The number of rotatable bonds is 5. The number of amides is 2. The molecule has 1 heterocycles. The third-order valence-corrected chi connectivity index (χ3v) is 5.76. The second kappa shape index (κ2) is 9.20. The van der Waals surface area contributed by atoms with Crippen LogP contribution < -0.4 is 10.6 Å². The number of hydrogen-bond donors (Lipinski definition) is 2. The minimum atomic E-state index is -0.649. The van der Waals surface area contributed by atoms with E-state index in [9.17, 15) is 18.4 Å². The van der Waals surface area contributed by atoms with Crippen molar-refractivity contribution in [1.82, 2.24) is 5.32 Å². The van der Waals surface area contributed by atoms with Crippen LogP contribution in [0, 0.1) is 11.6 Å². The van der Waals surface area contributed by atoms with Crippen molar-refractivity contribution < 1.29 is 27.8 Å². The zero-order valence-corrected chi connectivity index (χ0v) is 17.3. The minimum absolute atomic E-state index is 0.103. The molecule has 2 aromatic rings. The van der Waals surface area contributed by atoms with Gasteiger partial charge in [-0.05, 0) is 61.6 Å². The van der Waals surface area contributed by atoms with Crippen LogP contribution in [0.5, 0.6) is 0 Å². The fraction of sp³-hybridized carbons (Fsp3) is 0.364. The number of carbonyl (C=O) groups excluding carboxylic acids is 2. The van der Waals surface area contributed by atoms with Crippen LogP contribution in [0.4, 0.5) is 19.3 Å². The van der Waals surface area contributed by atoms with Crippen molar-refractivity contribution in [2.24, 2.45) is 0 Å². The maximum absolute atomic E-state index is 14.6. The van der Waals surface area contributed by atoms with Gasteiger partial charge in [-0.3, -0.25) is 4.79 Å². The summed E-state index contributed by atoms with van der Waals surface area (Å²) in [6, 6.07) is 5.83. The van der Waals surface area contributed by atoms with Crippen LogP contribution in [0.2, 0.25) is 5.02 Å². The van der Waals surface area contributed by atoms with E-state index in [-0.39, 0.29) is 28.9 Å². The van der Waals surface area contributed by atoms with Crippen LogP contribution in [-0.2, 0) is 15.9 Å². The number of nitrogens with one attached hydrogen (secondary N) is 2. The first-order chi connectivity index (χ1) is 14.9. The zero-order valence-electron chi connectivity index (χ0n) is 16.6. The number of halogens is 3. The molecule has 164 valence electrons. The predicted molar refractivity (Wildman–Crippen MR) is 110 cm³/mol. The molecule has 0 radical (unpaired) electrons. The van der Waals surface area contributed by atoms with Crippen molar-refractivity contribution >= 4 is 29.3 Å². The number of anilines is 1. The van der Waals surface area contributed by atoms with E-state index >= 15 is 0 Å². The lowest BCUT2D eigenvalue weighted by atomic mass is 10.0. The highest BCUT2D eigenvalue weighted by Gasteiger charge is 2.31. The summed E-state index contributed by atoms with van der Waals surface area (Å²) in [4.78, 5) is 24.9. The molecule has 0 bridgehead atoms. The third kappa shape index (κ3) is 4.80. The van der Waals surface area contributed by atoms with E-state index in [1.165, 1.54) is 24.3 Å². The Kier molecular flexibility index (Phi) is 6.38. The van der Waals surface area contributed by atoms with Crippen LogP contribution in [0.1, 0.15) is 46.8 Å². The van der Waals surface area contributed by atoms with Gasteiger partial charge in [0.25, 0.3) is 5.91 Å². The number of ether oxygens (including phenoxy) is 2. The highest BCUT2D eigenvalue weighted by Crippen LogP contribution is 2.36. The number of carbonyl (C=O) groups is 2. The molecule has 9 heteroatoms. The Labute approximate surface area is 182 Å². The summed E-state index contributed by atoms with van der Waals surface area (Å²) in [5.74, 6) is -1.57. The summed E-state index contributed by atoms with van der Waals surface area (Å²) in [6.45, 7) is 0.808. The lowest BCUT2D eigenvalue weighted by Gasteiger charge is -2.17. The van der Waals surface area contributed by atoms with E-state index < -0.39 is 29.7 Å². The van der Waals surface area contributed by atoms with Gasteiger partial charge < -0.3 is 20.1 Å². The molecule has 0 spiro atoms. The number of benzene rings is 2. The van der Waals surface area contributed by atoms with Gasteiger partial charge in [0.15, 0.2) is 0 Å². The minimum Gasteiger partial charge on any atom is -0.447 e. The van der Waals surface area contributed by atoms with E-state index in [1.807, 2.05) is 0 Å². The van der Waals surface area contributed by atoms with Crippen molar-refractivity contribution in [3.05, 3.63) is 63.7 Å². The zero-order chi connectivity index (χ0) is 22.0. The van der Waals surface area contributed by atoms with E-state index in [0.29, 0.717) is 30.7 Å². The van der Waals surface area contributed by atoms with Gasteiger partial charge in [0.2, 0.25) is 0 Å². The Hall–Kier alpha value is -2.71. The van der Waals surface area contributed by atoms with Gasteiger partial charge in [-0.25, -0.2) is 13.6 Å². The molecule has 4 rings (SSSR count). The molecule has 2 atom stereocenters. The van der Waals surface area contributed by atoms with Crippen molar-refractivity contribution in [1.29, 1.82) is 0 Å². The molecule has 2 N–H and O–H groups in total. The first kappa shape index (κ1) is 21.5. The lowest BCUT2D eigenvalue weighted by Crippen LogP contribution is -2.30. The van der Waals surface area contributed by atoms with Gasteiger partial charge in [0.05, 0.1) is 17.2 Å². The Balaban J connectivity index is 1.46. The van der Waals surface area contributed by atoms with E-state index in [0.717, 1.165) is 18.9 Å². The highest BCUT2D eigenvalue weighted by molar-refractivity contribution is 6.31. The van der Waals surface area contributed by atoms with Gasteiger partial charge in [0.1, 0.15) is 18.2 Å². The maximum atomic E-state index is 14.6. The summed E-state index contributed by atoms with van der Waals surface area (Å²) in [7, 11) is 0. The molecule has 2 amide bonds. The summed E-state index contributed by atoms with van der Waals surface area (Å²) < 4.78 is 38.5. The lowest BCUT2D eigenvalue weighted by molar-refractivity contribution is 0.0428. The molecule has 0 unspecified atom stereocenters. The van der Waals surface area contributed by atoms with Gasteiger partial charge in [-0.2, -0.15) is 0 Å². The molecular formula is C22H21ClF2N2O4. The molecule has 1 fully saturated rings. The molecule has 0 saturated carbocycles. The molecule has 0 aromatic heterocycles. The molecule has 2 aliphatic rings. The van der Waals surface area contributed by atoms with Gasteiger partial charge in [-0.15, -0.1) is 0 Å². The Bertz CT molecular complexity index is 1010. The fourth-order valence-electron chi connectivity index (χ4n) is 3.97. The Morgan fingerprint density at radius 3 is 2.71 bits per heavy atom. The van der Waals surface area contributed by atoms with E-state index in [2.05, 4.69) is 10.6 Å². The van der Waals surface area contributed by atoms with E-state index in [4.69, 9.17) is 21.1 Å². The Morgan fingerprint density at radius 2 is 1.97 bits per heavy atom. The summed E-state index contributed by atoms with van der Waals surface area (Å²) >= 11 is 5.76. The highest BCUT2D eigenvalue weighted by atomic mass is 35.5. The van der Waals surface area contributed by atoms with Crippen molar-refractivity contribution in [3.8, 4) is 0 Å². The summed E-state index contributed by atoms with van der Waals surface area (Å²) in [6.07, 6.45) is 1.87. The number of fused-ring (bicyclic) bond motifs is 1. The fourth-order valence-corrected chi connectivity index (χ4v) is 4.15. The second-order valence-electron chi connectivity index (χ2n) is 7.54. The second-order valence-corrected chi connectivity index (χ2v) is 7.95. The van der Waals surface area contributed by atoms with Gasteiger partial charge >= 0.3 is 6.09 Å². The first-order valence-electron chi connectivity index (χ1n) is 10.0. The standard InChI is InChI=1S/C22H21ClF2N2O4/c23-16-10-12(3-6-17(16)24)26-21(28)15-4-7-18(25)20-14(15)5-8-19(20)27-22(29)31-11-13-2-1-9-30-13/h3-4,6-7,10,13,19H,1-2,5,8-9,11H2,(H,26,28)(H,27,29)/t13-,19-/m0/s1. The molecule has 6 nitrogen and oxygen atoms in total. The van der Waals surface area contributed by atoms with Crippen LogP contribution >= 0.6 is 11.6 Å². The number of hydrogen-bond acceptors (Lipinski definition) is 4. The van der Waals surface area contributed by atoms with Gasteiger partial charge in [-0.1, -0.05) is 11.6 Å². The van der Waals surface area contributed by atoms with Crippen LogP contribution in [0.25, 0.3) is 0 Å². The first-order valence-corrected chi connectivity index (χ1v) is 10.4. The SMILES string of the molecule is O=C(N[C@H]1CCc2c(C(=O)Nc3ccc(F)c(Cl)c3)ccc(F)c21)OC[C@@H]1CCCO1. The van der Waals surface area contributed by atoms with Crippen molar-refractivity contribution in [2.45, 2.75) is 37.8 Å². The molecule has 31 heavy (non-hydrogen) atoms. The van der Waals surface area contributed by atoms with Crippen LogP contribution in [0.15, 0.2) is 30.3 Å². The van der Waals surface area contributed by atoms with Crippen LogP contribution in [0.3, 0.4) is 0 Å². The van der Waals surface area contributed by atoms with Crippen molar-refractivity contribution in [2.75, 3.05) is 18.5 Å². The monoisotopic (exact) mass is 450 g/mol. The third-order valence-electron chi connectivity index (χ3n) is 5.47. The molecule has 1 aliphatic carbocycles. The maximum Gasteiger partial charge on any atom is 0.407 e. The normalized spacial score (nSPS) is 19.7. The van der Waals surface area contributed by atoms with E-state index in [1.54, 1.807) is 0 Å². The molecule has 1 aliphatic heterocycles. The summed E-state index contributed by atoms with van der Waals surface area (Å²) in [5, 5.41) is 5.21. The Morgan fingerprint density at radius 1 is 1.16 bits per heavy atom. The quantitative estimate of drug-likeness (QED) is 0.688. The average molecular weight is 451 g/mol. The summed E-state index contributed by atoms with van der Waals surface area (Å²) in [5.41, 5.74) is 1.41. The largest absolute Gasteiger partial charge is 0.447 e. The number of alkyl carbamates (subject to hydrolysis) is 1. The van der Waals surface area contributed by atoms with Crippen LogP contribution in [-0.4, -0.2) is 31.3 Å². The molecular weight excluding hydrogens is 430 g/mol. The predicted octanol–water partition coefficient (Wildman–Crippen LogP) is 4.76.